The van der Waals surface area contributed by atoms with E-state index in [0.717, 1.165) is 39.3 Å². The van der Waals surface area contributed by atoms with E-state index in [1.54, 1.807) is 48.4 Å². The van der Waals surface area contributed by atoms with Gasteiger partial charge in [0.05, 0.1) is 32.9 Å². The first-order valence-corrected chi connectivity index (χ1v) is 10.8. The van der Waals surface area contributed by atoms with Gasteiger partial charge in [-0.3, -0.25) is 14.6 Å². The fraction of sp³-hybridized carbons (Fsp3) is 0.375. The second kappa shape index (κ2) is 9.93. The van der Waals surface area contributed by atoms with Gasteiger partial charge in [0.15, 0.2) is 0 Å². The third-order valence-corrected chi connectivity index (χ3v) is 6.03. The van der Waals surface area contributed by atoms with E-state index in [0.29, 0.717) is 23.4 Å². The molecule has 32 heavy (non-hydrogen) atoms. The van der Waals surface area contributed by atoms with Gasteiger partial charge < -0.3 is 24.4 Å². The molecule has 8 nitrogen and oxygen atoms in total. The van der Waals surface area contributed by atoms with Crippen LogP contribution in [0, 0.1) is 0 Å². The van der Waals surface area contributed by atoms with E-state index in [2.05, 4.69) is 4.98 Å². The van der Waals surface area contributed by atoms with Crippen LogP contribution in [0.3, 0.4) is 0 Å². The Labute approximate surface area is 187 Å². The maximum atomic E-state index is 13.3. The van der Waals surface area contributed by atoms with Gasteiger partial charge in [0.2, 0.25) is 5.78 Å². The van der Waals surface area contributed by atoms with Crippen LogP contribution >= 0.6 is 0 Å². The maximum absolute atomic E-state index is 13.3. The molecule has 0 spiro atoms. The Bertz CT molecular complexity index is 984. The second-order valence-electron chi connectivity index (χ2n) is 7.95. The summed E-state index contributed by atoms with van der Waals surface area (Å²) in [5.41, 5.74) is 1.04. The Balaban J connectivity index is 1.65. The van der Waals surface area contributed by atoms with E-state index in [1.807, 2.05) is 0 Å². The minimum atomic E-state index is -0.730. The predicted octanol–water partition coefficient (Wildman–Crippen LogP) is -0.381. The third kappa shape index (κ3) is 4.51. The minimum absolute atomic E-state index is 0.00918. The number of ketones is 1. The Morgan fingerprint density at radius 1 is 1.16 bits per heavy atom. The van der Waals surface area contributed by atoms with Gasteiger partial charge in [0.1, 0.15) is 18.8 Å². The molecule has 2 saturated heterocycles. The highest BCUT2D eigenvalue weighted by Gasteiger charge is 2.44. The van der Waals surface area contributed by atoms with Gasteiger partial charge in [0.25, 0.3) is 5.91 Å². The maximum Gasteiger partial charge on any atom is 0.295 e. The zero-order valence-electron chi connectivity index (χ0n) is 18.1. The average molecular weight is 437 g/mol. The lowest BCUT2D eigenvalue weighted by atomic mass is 9.95. The van der Waals surface area contributed by atoms with Crippen molar-refractivity contribution in [3.05, 3.63) is 65.5 Å². The number of morpholine rings is 1. The number of quaternary nitrogens is 1. The fourth-order valence-corrected chi connectivity index (χ4v) is 4.30. The van der Waals surface area contributed by atoms with Crippen LogP contribution in [0.2, 0.25) is 0 Å². The van der Waals surface area contributed by atoms with Gasteiger partial charge in [-0.2, -0.15) is 0 Å². The van der Waals surface area contributed by atoms with Crippen LogP contribution in [-0.2, 0) is 14.3 Å². The normalized spacial score (nSPS) is 21.2. The van der Waals surface area contributed by atoms with Crippen molar-refractivity contribution in [2.45, 2.75) is 12.5 Å². The van der Waals surface area contributed by atoms with E-state index < -0.39 is 23.5 Å². The second-order valence-corrected chi connectivity index (χ2v) is 7.95. The van der Waals surface area contributed by atoms with E-state index in [1.165, 1.54) is 17.3 Å². The molecule has 0 saturated carbocycles. The number of carbonyl (C=O) groups excluding carboxylic acids is 2. The van der Waals surface area contributed by atoms with Gasteiger partial charge >= 0.3 is 0 Å². The van der Waals surface area contributed by atoms with Gasteiger partial charge in [-0.05, 0) is 35.4 Å². The van der Waals surface area contributed by atoms with Crippen LogP contribution in [-0.4, -0.2) is 68.1 Å². The zero-order chi connectivity index (χ0) is 22.5. The Kier molecular flexibility index (Phi) is 6.82. The number of Topliss-reactive ketones (excluding diaryl/α,β-unsaturated/α-hetero) is 1. The highest BCUT2D eigenvalue weighted by Crippen LogP contribution is 2.39. The Hall–Kier alpha value is -3.23. The number of nitrogens with one attached hydrogen (secondary N) is 1. The van der Waals surface area contributed by atoms with Crippen molar-refractivity contribution in [3.63, 3.8) is 0 Å². The van der Waals surface area contributed by atoms with Crippen molar-refractivity contribution in [1.82, 2.24) is 9.88 Å². The molecule has 2 fully saturated rings. The number of aromatic nitrogens is 1. The topological polar surface area (TPSA) is 96.2 Å². The number of likely N-dealkylation sites (tertiary alicyclic amines) is 1. The number of benzene rings is 1. The van der Waals surface area contributed by atoms with Crippen molar-refractivity contribution in [2.75, 3.05) is 46.5 Å². The summed E-state index contributed by atoms with van der Waals surface area (Å²) in [4.78, 5) is 32.9. The molecular formula is C24H27N3O5. The molecule has 1 N–H and O–H groups in total. The van der Waals surface area contributed by atoms with E-state index >= 15 is 0 Å². The van der Waals surface area contributed by atoms with Crippen LogP contribution in [0.15, 0.2) is 54.4 Å². The molecule has 4 rings (SSSR count). The molecule has 1 aromatic heterocycles. The molecule has 3 heterocycles. The van der Waals surface area contributed by atoms with Crippen molar-refractivity contribution < 1.29 is 29.1 Å². The first kappa shape index (κ1) is 22.0. The summed E-state index contributed by atoms with van der Waals surface area (Å²) in [6.07, 6.45) is 3.73. The van der Waals surface area contributed by atoms with Crippen molar-refractivity contribution in [1.29, 1.82) is 0 Å². The summed E-state index contributed by atoms with van der Waals surface area (Å²) < 4.78 is 10.6. The first-order valence-electron chi connectivity index (χ1n) is 10.8. The summed E-state index contributed by atoms with van der Waals surface area (Å²) in [5, 5.41) is 13.3. The number of carbonyl (C=O) groups is 2. The summed E-state index contributed by atoms with van der Waals surface area (Å²) in [6.45, 7) is 4.63. The molecule has 1 atom stereocenters. The highest BCUT2D eigenvalue weighted by atomic mass is 16.5. The Morgan fingerprint density at radius 2 is 1.84 bits per heavy atom. The zero-order valence-corrected chi connectivity index (χ0v) is 18.1. The lowest BCUT2D eigenvalue weighted by Crippen LogP contribution is -3.14. The highest BCUT2D eigenvalue weighted by molar-refractivity contribution is 6.46. The van der Waals surface area contributed by atoms with Crippen molar-refractivity contribution >= 4 is 17.4 Å². The van der Waals surface area contributed by atoms with Gasteiger partial charge in [0, 0.05) is 30.9 Å². The van der Waals surface area contributed by atoms with Crippen LogP contribution in [0.4, 0.5) is 0 Å². The summed E-state index contributed by atoms with van der Waals surface area (Å²) >= 11 is 0. The molecule has 2 aliphatic heterocycles. The molecule has 0 bridgehead atoms. The number of nitrogens with zero attached hydrogens (tertiary/aromatic N) is 2. The number of amides is 1. The van der Waals surface area contributed by atoms with Crippen LogP contribution in [0.5, 0.6) is 5.75 Å². The SMILES string of the molecule is COc1ccc(C2/C(=C(\[O-])c3ccncc3)C(=O)C(=O)N2CCC[NH+]2CCOCC2)cc1. The number of rotatable bonds is 7. The van der Waals surface area contributed by atoms with Crippen molar-refractivity contribution in [2.24, 2.45) is 0 Å². The first-order chi connectivity index (χ1) is 15.6. The molecule has 8 heteroatoms. The quantitative estimate of drug-likeness (QED) is 0.360. The standard InChI is InChI=1S/C24H27N3O5/c1-31-19-5-3-17(4-6-19)21-20(22(28)18-7-9-25-10-8-18)23(29)24(30)27(21)12-2-11-26-13-15-32-16-14-26/h3-10,21,28H,2,11-16H2,1H3/b22-20+. The lowest BCUT2D eigenvalue weighted by Gasteiger charge is -2.29. The molecule has 0 aliphatic carbocycles. The molecule has 2 aliphatic rings. The van der Waals surface area contributed by atoms with Crippen LogP contribution in [0.25, 0.3) is 5.76 Å². The number of hydrogen-bond acceptors (Lipinski definition) is 6. The lowest BCUT2D eigenvalue weighted by molar-refractivity contribution is -0.908. The molecule has 1 unspecified atom stereocenters. The fourth-order valence-electron chi connectivity index (χ4n) is 4.30. The summed E-state index contributed by atoms with van der Waals surface area (Å²) in [5.74, 6) is -1.13. The van der Waals surface area contributed by atoms with Gasteiger partial charge in [-0.15, -0.1) is 0 Å². The van der Waals surface area contributed by atoms with E-state index in [4.69, 9.17) is 9.47 Å². The molecular weight excluding hydrogens is 410 g/mol. The molecule has 1 amide bonds. The average Bonchev–Trinajstić information content (AvgIpc) is 3.10. The largest absolute Gasteiger partial charge is 0.872 e. The number of methoxy groups -OCH3 is 1. The minimum Gasteiger partial charge on any atom is -0.872 e. The van der Waals surface area contributed by atoms with Crippen LogP contribution in [0.1, 0.15) is 23.6 Å². The molecule has 1 aromatic carbocycles. The number of pyridine rings is 1. The smallest absolute Gasteiger partial charge is 0.295 e. The monoisotopic (exact) mass is 437 g/mol. The van der Waals surface area contributed by atoms with E-state index in [9.17, 15) is 14.7 Å². The number of hydrogen-bond donors (Lipinski definition) is 1. The third-order valence-electron chi connectivity index (χ3n) is 6.03. The summed E-state index contributed by atoms with van der Waals surface area (Å²) in [7, 11) is 1.57. The van der Waals surface area contributed by atoms with Gasteiger partial charge in [-0.25, -0.2) is 0 Å². The van der Waals surface area contributed by atoms with Crippen molar-refractivity contribution in [3.8, 4) is 5.75 Å². The Morgan fingerprint density at radius 3 is 2.50 bits per heavy atom. The predicted molar refractivity (Wildman–Crippen MR) is 115 cm³/mol. The number of ether oxygens (including phenoxy) is 2. The summed E-state index contributed by atoms with van der Waals surface area (Å²) in [6, 6.07) is 9.54. The van der Waals surface area contributed by atoms with Gasteiger partial charge in [-0.1, -0.05) is 17.9 Å². The van der Waals surface area contributed by atoms with Crippen LogP contribution < -0.4 is 14.7 Å². The van der Waals surface area contributed by atoms with E-state index in [-0.39, 0.29) is 5.57 Å². The molecule has 2 aromatic rings. The molecule has 0 radical (unpaired) electrons. The molecule has 168 valence electrons.